The highest BCUT2D eigenvalue weighted by Gasteiger charge is 2.24. The van der Waals surface area contributed by atoms with Crippen molar-refractivity contribution < 1.29 is 14.1 Å². The van der Waals surface area contributed by atoms with E-state index >= 15 is 0 Å². The Morgan fingerprint density at radius 3 is 2.62 bits per heavy atom. The number of hydrogen-bond acceptors (Lipinski definition) is 5. The van der Waals surface area contributed by atoms with Gasteiger partial charge >= 0.3 is 0 Å². The summed E-state index contributed by atoms with van der Waals surface area (Å²) in [4.78, 5) is 16.7. The first-order valence-corrected chi connectivity index (χ1v) is 8.46. The lowest BCUT2D eigenvalue weighted by Crippen LogP contribution is -2.33. The third-order valence-electron chi connectivity index (χ3n) is 4.50. The van der Waals surface area contributed by atoms with E-state index in [1.54, 1.807) is 7.11 Å². The predicted molar refractivity (Wildman–Crippen MR) is 89.4 cm³/mol. The van der Waals surface area contributed by atoms with Crippen molar-refractivity contribution in [2.45, 2.75) is 45.1 Å². The summed E-state index contributed by atoms with van der Waals surface area (Å²) >= 11 is 0. The second-order valence-corrected chi connectivity index (χ2v) is 6.25. The molecule has 1 atom stereocenters. The Labute approximate surface area is 141 Å². The summed E-state index contributed by atoms with van der Waals surface area (Å²) in [6.07, 6.45) is 5.44. The molecular formula is C18H23N3O3. The molecule has 128 valence electrons. The Bertz CT molecular complexity index is 675. The average molecular weight is 329 g/mol. The fourth-order valence-electron chi connectivity index (χ4n) is 3.03. The van der Waals surface area contributed by atoms with Crippen LogP contribution >= 0.6 is 0 Å². The van der Waals surface area contributed by atoms with Gasteiger partial charge in [-0.2, -0.15) is 4.98 Å². The molecular weight excluding hydrogens is 306 g/mol. The second-order valence-electron chi connectivity index (χ2n) is 6.25. The number of benzene rings is 1. The first kappa shape index (κ1) is 16.5. The van der Waals surface area contributed by atoms with Crippen LogP contribution in [-0.4, -0.2) is 23.2 Å². The molecule has 0 radical (unpaired) electrons. The van der Waals surface area contributed by atoms with Crippen LogP contribution in [0, 0.1) is 5.92 Å². The van der Waals surface area contributed by atoms with Crippen LogP contribution in [0.2, 0.25) is 0 Å². The van der Waals surface area contributed by atoms with E-state index in [-0.39, 0.29) is 17.9 Å². The van der Waals surface area contributed by atoms with Crippen molar-refractivity contribution in [3.8, 4) is 17.1 Å². The number of ether oxygens (including phenoxy) is 1. The van der Waals surface area contributed by atoms with Crippen LogP contribution in [-0.2, 0) is 4.79 Å². The minimum atomic E-state index is -0.293. The third kappa shape index (κ3) is 3.75. The number of methoxy groups -OCH3 is 1. The van der Waals surface area contributed by atoms with Crippen LogP contribution in [0.25, 0.3) is 11.4 Å². The van der Waals surface area contributed by atoms with Crippen LogP contribution in [0.3, 0.4) is 0 Å². The molecule has 0 bridgehead atoms. The van der Waals surface area contributed by atoms with Crippen molar-refractivity contribution in [2.75, 3.05) is 7.11 Å². The maximum Gasteiger partial charge on any atom is 0.249 e. The Kier molecular flexibility index (Phi) is 5.13. The van der Waals surface area contributed by atoms with Gasteiger partial charge in [0.1, 0.15) is 11.8 Å². The lowest BCUT2D eigenvalue weighted by Gasteiger charge is -2.22. The molecule has 1 aliphatic carbocycles. The molecule has 24 heavy (non-hydrogen) atoms. The van der Waals surface area contributed by atoms with Crippen molar-refractivity contribution in [3.05, 3.63) is 30.2 Å². The smallest absolute Gasteiger partial charge is 0.249 e. The molecule has 0 aliphatic heterocycles. The van der Waals surface area contributed by atoms with E-state index in [0.717, 1.165) is 37.0 Å². The summed E-state index contributed by atoms with van der Waals surface area (Å²) < 4.78 is 10.5. The number of carbonyl (C=O) groups excluding carboxylic acids is 1. The molecule has 1 amide bonds. The summed E-state index contributed by atoms with van der Waals surface area (Å²) in [6.45, 7) is 1.87. The van der Waals surface area contributed by atoms with Gasteiger partial charge in [0.2, 0.25) is 17.6 Å². The van der Waals surface area contributed by atoms with Gasteiger partial charge in [-0.05, 0) is 44.0 Å². The highest BCUT2D eigenvalue weighted by atomic mass is 16.5. The fourth-order valence-corrected chi connectivity index (χ4v) is 3.03. The molecule has 1 aromatic heterocycles. The normalized spacial score (nSPS) is 16.6. The van der Waals surface area contributed by atoms with E-state index in [0.29, 0.717) is 11.7 Å². The van der Waals surface area contributed by atoms with Crippen LogP contribution < -0.4 is 10.1 Å². The van der Waals surface area contributed by atoms with Crippen molar-refractivity contribution >= 4 is 5.91 Å². The number of hydrogen-bond donors (Lipinski definition) is 1. The monoisotopic (exact) mass is 329 g/mol. The molecule has 6 nitrogen and oxygen atoms in total. The van der Waals surface area contributed by atoms with Gasteiger partial charge in [-0.25, -0.2) is 0 Å². The van der Waals surface area contributed by atoms with Gasteiger partial charge in [0, 0.05) is 11.5 Å². The van der Waals surface area contributed by atoms with Crippen molar-refractivity contribution in [2.24, 2.45) is 5.92 Å². The highest BCUT2D eigenvalue weighted by molar-refractivity contribution is 5.79. The number of carbonyl (C=O) groups is 1. The maximum absolute atomic E-state index is 12.3. The molecule has 0 saturated heterocycles. The Morgan fingerprint density at radius 1 is 1.25 bits per heavy atom. The zero-order chi connectivity index (χ0) is 16.9. The first-order chi connectivity index (χ1) is 11.7. The van der Waals surface area contributed by atoms with E-state index in [2.05, 4.69) is 15.5 Å². The lowest BCUT2D eigenvalue weighted by atomic mass is 9.88. The van der Waals surface area contributed by atoms with Gasteiger partial charge in [0.15, 0.2) is 0 Å². The standard InChI is InChI=1S/C18H23N3O3/c1-12(19-17(22)14-6-4-3-5-7-14)18-20-16(21-24-18)13-8-10-15(23-2)11-9-13/h8-12,14H,3-7H2,1-2H3,(H,19,22)/t12-/m1/s1. The van der Waals surface area contributed by atoms with Gasteiger partial charge < -0.3 is 14.6 Å². The molecule has 1 heterocycles. The minimum absolute atomic E-state index is 0.0893. The van der Waals surface area contributed by atoms with Gasteiger partial charge in [0.25, 0.3) is 0 Å². The largest absolute Gasteiger partial charge is 0.497 e. The molecule has 1 N–H and O–H groups in total. The quantitative estimate of drug-likeness (QED) is 0.908. The fraction of sp³-hybridized carbons (Fsp3) is 0.500. The van der Waals surface area contributed by atoms with E-state index < -0.39 is 0 Å². The number of rotatable bonds is 5. The van der Waals surface area contributed by atoms with Gasteiger partial charge in [-0.1, -0.05) is 24.4 Å². The maximum atomic E-state index is 12.3. The summed E-state index contributed by atoms with van der Waals surface area (Å²) in [6, 6.07) is 7.15. The Balaban J connectivity index is 1.64. The van der Waals surface area contributed by atoms with E-state index in [4.69, 9.17) is 9.26 Å². The van der Waals surface area contributed by atoms with E-state index in [1.807, 2.05) is 31.2 Å². The van der Waals surface area contributed by atoms with Crippen LogP contribution in [0.1, 0.15) is 51.0 Å². The highest BCUT2D eigenvalue weighted by Crippen LogP contribution is 2.25. The SMILES string of the molecule is COc1ccc(-c2noc([C@@H](C)NC(=O)C3CCCCC3)n2)cc1. The topological polar surface area (TPSA) is 77.3 Å². The molecule has 6 heteroatoms. The molecule has 0 unspecified atom stereocenters. The first-order valence-electron chi connectivity index (χ1n) is 8.46. The van der Waals surface area contributed by atoms with E-state index in [9.17, 15) is 4.79 Å². The molecule has 2 aromatic rings. The number of aromatic nitrogens is 2. The molecule has 1 saturated carbocycles. The van der Waals surface area contributed by atoms with Crippen LogP contribution in [0.4, 0.5) is 0 Å². The lowest BCUT2D eigenvalue weighted by molar-refractivity contribution is -0.126. The predicted octanol–water partition coefficient (Wildman–Crippen LogP) is 3.50. The van der Waals surface area contributed by atoms with Crippen molar-refractivity contribution in [1.29, 1.82) is 0 Å². The third-order valence-corrected chi connectivity index (χ3v) is 4.50. The van der Waals surface area contributed by atoms with Gasteiger partial charge in [0.05, 0.1) is 7.11 Å². The summed E-state index contributed by atoms with van der Waals surface area (Å²) in [5.74, 6) is 1.91. The molecule has 1 aromatic carbocycles. The van der Waals surface area contributed by atoms with Crippen molar-refractivity contribution in [1.82, 2.24) is 15.5 Å². The zero-order valence-corrected chi connectivity index (χ0v) is 14.1. The van der Waals surface area contributed by atoms with Gasteiger partial charge in [-0.15, -0.1) is 0 Å². The second kappa shape index (κ2) is 7.47. The number of nitrogens with one attached hydrogen (secondary N) is 1. The number of amides is 1. The Hall–Kier alpha value is -2.37. The summed E-state index contributed by atoms with van der Waals surface area (Å²) in [7, 11) is 1.62. The number of nitrogens with zero attached hydrogens (tertiary/aromatic N) is 2. The van der Waals surface area contributed by atoms with Gasteiger partial charge in [-0.3, -0.25) is 4.79 Å². The summed E-state index contributed by atoms with van der Waals surface area (Å²) in [5, 5.41) is 7.00. The molecule has 1 aliphatic rings. The summed E-state index contributed by atoms with van der Waals surface area (Å²) in [5.41, 5.74) is 0.844. The van der Waals surface area contributed by atoms with E-state index in [1.165, 1.54) is 6.42 Å². The molecule has 0 spiro atoms. The molecule has 1 fully saturated rings. The zero-order valence-electron chi connectivity index (χ0n) is 14.1. The average Bonchev–Trinajstić information content (AvgIpc) is 3.13. The minimum Gasteiger partial charge on any atom is -0.497 e. The Morgan fingerprint density at radius 2 is 1.96 bits per heavy atom. The van der Waals surface area contributed by atoms with Crippen LogP contribution in [0.15, 0.2) is 28.8 Å². The van der Waals surface area contributed by atoms with Crippen LogP contribution in [0.5, 0.6) is 5.75 Å². The molecule has 3 rings (SSSR count). The van der Waals surface area contributed by atoms with Crippen molar-refractivity contribution in [3.63, 3.8) is 0 Å².